The van der Waals surface area contributed by atoms with Crippen LogP contribution in [-0.2, 0) is 0 Å². The molecule has 0 fully saturated rings. The average Bonchev–Trinajstić information content (AvgIpc) is 2.71. The lowest BCUT2D eigenvalue weighted by molar-refractivity contribution is 0.0698. The largest absolute Gasteiger partial charge is 0.478 e. The van der Waals surface area contributed by atoms with Crippen molar-refractivity contribution in [3.05, 3.63) is 45.2 Å². The minimum absolute atomic E-state index is 0.0199. The summed E-state index contributed by atoms with van der Waals surface area (Å²) in [5, 5.41) is 18.4. The lowest BCUT2D eigenvalue weighted by atomic mass is 10.1. The second-order valence-electron chi connectivity index (χ2n) is 4.26. The van der Waals surface area contributed by atoms with E-state index in [1.807, 2.05) is 0 Å². The Labute approximate surface area is 123 Å². The van der Waals surface area contributed by atoms with Crippen molar-refractivity contribution in [2.75, 3.05) is 5.32 Å². The van der Waals surface area contributed by atoms with E-state index in [1.54, 1.807) is 19.9 Å². The van der Waals surface area contributed by atoms with Gasteiger partial charge in [0.1, 0.15) is 0 Å². The number of aromatic nitrogens is 2. The predicted octanol–water partition coefficient (Wildman–Crippen LogP) is 2.74. The fourth-order valence-electron chi connectivity index (χ4n) is 1.87. The molecule has 0 aliphatic carbocycles. The Morgan fingerprint density at radius 2 is 2.05 bits per heavy atom. The number of halogens is 1. The van der Waals surface area contributed by atoms with Crippen LogP contribution in [0, 0.1) is 13.8 Å². The van der Waals surface area contributed by atoms with Gasteiger partial charge >= 0.3 is 5.97 Å². The molecule has 0 unspecified atom stereocenters. The van der Waals surface area contributed by atoms with Gasteiger partial charge < -0.3 is 10.4 Å². The number of nitrogens with zero attached hydrogens (tertiary/aromatic N) is 1. The van der Waals surface area contributed by atoms with Crippen LogP contribution in [0.3, 0.4) is 0 Å². The van der Waals surface area contributed by atoms with Crippen LogP contribution in [0.5, 0.6) is 0 Å². The van der Waals surface area contributed by atoms with Gasteiger partial charge in [0.15, 0.2) is 0 Å². The number of aromatic amines is 1. The van der Waals surface area contributed by atoms with Crippen LogP contribution in [0.1, 0.15) is 32.1 Å². The molecule has 0 aliphatic heterocycles. The summed E-state index contributed by atoms with van der Waals surface area (Å²) in [5.74, 6) is -1.50. The van der Waals surface area contributed by atoms with Crippen LogP contribution < -0.4 is 5.32 Å². The first-order chi connectivity index (χ1) is 9.40. The van der Waals surface area contributed by atoms with Gasteiger partial charge in [-0.15, -0.1) is 0 Å². The number of aromatic carboxylic acids is 1. The highest BCUT2D eigenvalue weighted by atomic mass is 79.9. The first kappa shape index (κ1) is 14.3. The van der Waals surface area contributed by atoms with Crippen LogP contribution in [-0.4, -0.2) is 27.2 Å². The summed E-state index contributed by atoms with van der Waals surface area (Å²) < 4.78 is 0.628. The summed E-state index contributed by atoms with van der Waals surface area (Å²) in [4.78, 5) is 23.4. The molecule has 2 aromatic rings. The fraction of sp³-hybridized carbons (Fsp3) is 0.154. The van der Waals surface area contributed by atoms with Crippen LogP contribution in [0.4, 0.5) is 5.69 Å². The van der Waals surface area contributed by atoms with Crippen molar-refractivity contribution < 1.29 is 14.7 Å². The van der Waals surface area contributed by atoms with Gasteiger partial charge in [-0.3, -0.25) is 9.89 Å². The number of hydrogen-bond donors (Lipinski definition) is 3. The monoisotopic (exact) mass is 337 g/mol. The summed E-state index contributed by atoms with van der Waals surface area (Å²) in [6, 6.07) is 4.64. The van der Waals surface area contributed by atoms with Crippen LogP contribution >= 0.6 is 15.9 Å². The zero-order valence-electron chi connectivity index (χ0n) is 10.8. The third kappa shape index (κ3) is 2.72. The first-order valence-electron chi connectivity index (χ1n) is 5.76. The fourth-order valence-corrected chi connectivity index (χ4v) is 2.23. The molecule has 1 heterocycles. The van der Waals surface area contributed by atoms with Gasteiger partial charge in [-0.25, -0.2) is 4.79 Å². The van der Waals surface area contributed by atoms with Gasteiger partial charge in [-0.2, -0.15) is 5.10 Å². The topological polar surface area (TPSA) is 95.1 Å². The lowest BCUT2D eigenvalue weighted by Crippen LogP contribution is -2.16. The first-order valence-corrected chi connectivity index (χ1v) is 6.55. The van der Waals surface area contributed by atoms with Crippen molar-refractivity contribution in [2.45, 2.75) is 13.8 Å². The van der Waals surface area contributed by atoms with Gasteiger partial charge in [-0.1, -0.05) is 15.9 Å². The number of rotatable bonds is 3. The number of H-pyrrole nitrogens is 1. The van der Waals surface area contributed by atoms with Crippen molar-refractivity contribution >= 4 is 33.5 Å². The van der Waals surface area contributed by atoms with Crippen LogP contribution in [0.25, 0.3) is 0 Å². The molecule has 0 spiro atoms. The molecule has 6 nitrogen and oxygen atoms in total. The molecule has 2 rings (SSSR count). The van der Waals surface area contributed by atoms with Crippen molar-refractivity contribution in [3.8, 4) is 0 Å². The molecule has 0 saturated carbocycles. The Hall–Kier alpha value is -2.15. The zero-order chi connectivity index (χ0) is 14.9. The van der Waals surface area contributed by atoms with E-state index in [2.05, 4.69) is 31.4 Å². The maximum atomic E-state index is 12.2. The molecule has 1 amide bonds. The molecular weight excluding hydrogens is 326 g/mol. The van der Waals surface area contributed by atoms with Gasteiger partial charge in [0.05, 0.1) is 22.5 Å². The van der Waals surface area contributed by atoms with E-state index in [4.69, 9.17) is 5.11 Å². The number of carboxylic acid groups (broad SMARTS) is 1. The Balaban J connectivity index is 2.36. The molecule has 1 aromatic heterocycles. The Morgan fingerprint density at radius 3 is 2.60 bits per heavy atom. The summed E-state index contributed by atoms with van der Waals surface area (Å²) in [6.07, 6.45) is 0. The number of carboxylic acids is 1. The molecular formula is C13H12BrN3O3. The molecule has 3 N–H and O–H groups in total. The van der Waals surface area contributed by atoms with E-state index in [1.165, 1.54) is 12.1 Å². The summed E-state index contributed by atoms with van der Waals surface area (Å²) >= 11 is 3.20. The Morgan fingerprint density at radius 1 is 1.35 bits per heavy atom. The summed E-state index contributed by atoms with van der Waals surface area (Å²) in [7, 11) is 0. The smallest absolute Gasteiger partial charge is 0.337 e. The van der Waals surface area contributed by atoms with Crippen LogP contribution in [0.15, 0.2) is 22.7 Å². The van der Waals surface area contributed by atoms with Crippen molar-refractivity contribution in [1.29, 1.82) is 0 Å². The second kappa shape index (κ2) is 5.46. The van der Waals surface area contributed by atoms with Gasteiger partial charge in [0.2, 0.25) is 0 Å². The lowest BCUT2D eigenvalue weighted by Gasteiger charge is -2.09. The highest BCUT2D eigenvalue weighted by Crippen LogP contribution is 2.22. The van der Waals surface area contributed by atoms with Gasteiger partial charge in [0.25, 0.3) is 5.91 Å². The molecule has 20 heavy (non-hydrogen) atoms. The normalized spacial score (nSPS) is 10.3. The zero-order valence-corrected chi connectivity index (χ0v) is 12.4. The number of carbonyl (C=O) groups is 2. The molecule has 0 bridgehead atoms. The second-order valence-corrected chi connectivity index (χ2v) is 5.17. The van der Waals surface area contributed by atoms with E-state index in [0.29, 0.717) is 21.4 Å². The van der Waals surface area contributed by atoms with Crippen molar-refractivity contribution in [1.82, 2.24) is 10.2 Å². The maximum Gasteiger partial charge on any atom is 0.337 e. The summed E-state index contributed by atoms with van der Waals surface area (Å²) in [5.41, 5.74) is 1.88. The number of carbonyl (C=O) groups excluding carboxylic acids is 1. The number of hydrogen-bond acceptors (Lipinski definition) is 3. The number of aryl methyl sites for hydroxylation is 2. The summed E-state index contributed by atoms with van der Waals surface area (Å²) in [6.45, 7) is 3.44. The number of anilines is 1. The molecule has 1 aromatic carbocycles. The van der Waals surface area contributed by atoms with Crippen LogP contribution in [0.2, 0.25) is 0 Å². The third-order valence-corrected chi connectivity index (χ3v) is 3.31. The minimum Gasteiger partial charge on any atom is -0.478 e. The number of amides is 1. The molecule has 0 aliphatic rings. The van der Waals surface area contributed by atoms with E-state index in [0.717, 1.165) is 0 Å². The van der Waals surface area contributed by atoms with Gasteiger partial charge in [-0.05, 0) is 32.0 Å². The Bertz CT molecular complexity index is 675. The van der Waals surface area contributed by atoms with E-state index in [9.17, 15) is 9.59 Å². The predicted molar refractivity (Wildman–Crippen MR) is 77.1 cm³/mol. The van der Waals surface area contributed by atoms with Gasteiger partial charge in [0, 0.05) is 10.2 Å². The SMILES string of the molecule is Cc1n[nH]c(C)c1C(=O)Nc1ccc(Br)cc1C(=O)O. The molecule has 0 atom stereocenters. The molecule has 104 valence electrons. The van der Waals surface area contributed by atoms with E-state index >= 15 is 0 Å². The molecule has 0 saturated heterocycles. The number of nitrogens with one attached hydrogen (secondary N) is 2. The third-order valence-electron chi connectivity index (χ3n) is 2.82. The Kier molecular flexibility index (Phi) is 3.89. The van der Waals surface area contributed by atoms with Crippen molar-refractivity contribution in [3.63, 3.8) is 0 Å². The van der Waals surface area contributed by atoms with Crippen molar-refractivity contribution in [2.24, 2.45) is 0 Å². The standard InChI is InChI=1S/C13H12BrN3O3/c1-6-11(7(2)17-16-6)12(18)15-10-4-3-8(14)5-9(10)13(19)20/h3-5H,1-2H3,(H,15,18)(H,16,17)(H,19,20). The molecule has 7 heteroatoms. The quantitative estimate of drug-likeness (QED) is 0.802. The molecule has 0 radical (unpaired) electrons. The maximum absolute atomic E-state index is 12.2. The highest BCUT2D eigenvalue weighted by Gasteiger charge is 2.18. The van der Waals surface area contributed by atoms with E-state index in [-0.39, 0.29) is 11.3 Å². The highest BCUT2D eigenvalue weighted by molar-refractivity contribution is 9.10. The van der Waals surface area contributed by atoms with E-state index < -0.39 is 11.9 Å². The average molecular weight is 338 g/mol. The minimum atomic E-state index is -1.11. The number of benzene rings is 1.